The van der Waals surface area contributed by atoms with Gasteiger partial charge in [0.1, 0.15) is 0 Å². The second kappa shape index (κ2) is 4.42. The minimum Gasteiger partial charge on any atom is -0.396 e. The van der Waals surface area contributed by atoms with Crippen LogP contribution in [0.1, 0.15) is 24.8 Å². The summed E-state index contributed by atoms with van der Waals surface area (Å²) in [7, 11) is 0. The van der Waals surface area contributed by atoms with Crippen LogP contribution in [0.4, 0.5) is 0 Å². The van der Waals surface area contributed by atoms with E-state index in [4.69, 9.17) is 0 Å². The maximum absolute atomic E-state index is 9.37. The monoisotopic (exact) mass is 240 g/mol. The van der Waals surface area contributed by atoms with Crippen LogP contribution in [-0.4, -0.2) is 21.7 Å². The molecule has 0 aliphatic heterocycles. The summed E-state index contributed by atoms with van der Waals surface area (Å²) in [6.07, 6.45) is 4.63. The Morgan fingerprint density at radius 3 is 2.89 bits per heavy atom. The summed E-state index contributed by atoms with van der Waals surface area (Å²) in [5.74, 6) is 0.221. The van der Waals surface area contributed by atoms with Gasteiger partial charge >= 0.3 is 0 Å². The molecule has 18 heavy (non-hydrogen) atoms. The fraction of sp³-hybridized carbons (Fsp3) is 0.267. The lowest BCUT2D eigenvalue weighted by Crippen LogP contribution is -2.02. The second-order valence-electron chi connectivity index (χ2n) is 4.64. The number of nitrogens with zero attached hydrogens (tertiary/aromatic N) is 1. The van der Waals surface area contributed by atoms with Crippen molar-refractivity contribution in [3.05, 3.63) is 42.2 Å². The summed E-state index contributed by atoms with van der Waals surface area (Å²) in [6, 6.07) is 8.34. The molecule has 0 amide bonds. The van der Waals surface area contributed by atoms with Gasteiger partial charge in [-0.2, -0.15) is 0 Å². The zero-order valence-electron chi connectivity index (χ0n) is 10.4. The van der Waals surface area contributed by atoms with Crippen molar-refractivity contribution in [1.82, 2.24) is 9.97 Å². The van der Waals surface area contributed by atoms with E-state index in [1.54, 1.807) is 6.20 Å². The van der Waals surface area contributed by atoms with Crippen LogP contribution < -0.4 is 0 Å². The standard InChI is InChI=1S/C15H16N2O/c1-2-10(9-18)11-3-4-12-13-8-16-6-5-14(13)17-15(12)7-11/h3-8,10,17-18H,2,9H2,1H3. The molecule has 0 radical (unpaired) electrons. The fourth-order valence-corrected chi connectivity index (χ4v) is 2.49. The van der Waals surface area contributed by atoms with Gasteiger partial charge in [0.15, 0.2) is 0 Å². The lowest BCUT2D eigenvalue weighted by molar-refractivity contribution is 0.262. The van der Waals surface area contributed by atoms with Gasteiger partial charge in [0, 0.05) is 46.7 Å². The van der Waals surface area contributed by atoms with Crippen LogP contribution in [0.5, 0.6) is 0 Å². The average molecular weight is 240 g/mol. The van der Waals surface area contributed by atoms with E-state index < -0.39 is 0 Å². The number of H-pyrrole nitrogens is 1. The molecule has 0 spiro atoms. The molecule has 3 nitrogen and oxygen atoms in total. The molecule has 0 fully saturated rings. The highest BCUT2D eigenvalue weighted by atomic mass is 16.3. The Kier molecular flexibility index (Phi) is 2.76. The largest absolute Gasteiger partial charge is 0.396 e. The third-order valence-electron chi connectivity index (χ3n) is 3.61. The summed E-state index contributed by atoms with van der Waals surface area (Å²) in [5, 5.41) is 11.7. The maximum Gasteiger partial charge on any atom is 0.0499 e. The zero-order valence-corrected chi connectivity index (χ0v) is 10.4. The van der Waals surface area contributed by atoms with Gasteiger partial charge < -0.3 is 10.1 Å². The number of hydrogen-bond acceptors (Lipinski definition) is 2. The van der Waals surface area contributed by atoms with Gasteiger partial charge in [0.25, 0.3) is 0 Å². The Morgan fingerprint density at radius 1 is 1.22 bits per heavy atom. The van der Waals surface area contributed by atoms with Crippen molar-refractivity contribution in [2.24, 2.45) is 0 Å². The van der Waals surface area contributed by atoms with Crippen LogP contribution in [0.25, 0.3) is 21.8 Å². The Balaban J connectivity index is 2.21. The molecular weight excluding hydrogens is 224 g/mol. The van der Waals surface area contributed by atoms with Gasteiger partial charge in [-0.3, -0.25) is 4.98 Å². The van der Waals surface area contributed by atoms with E-state index in [9.17, 15) is 5.11 Å². The molecule has 3 aromatic rings. The highest BCUT2D eigenvalue weighted by molar-refractivity contribution is 6.06. The molecule has 3 heteroatoms. The summed E-state index contributed by atoms with van der Waals surface area (Å²) < 4.78 is 0. The lowest BCUT2D eigenvalue weighted by Gasteiger charge is -2.11. The number of fused-ring (bicyclic) bond motifs is 3. The van der Waals surface area contributed by atoms with Crippen LogP contribution >= 0.6 is 0 Å². The second-order valence-corrected chi connectivity index (χ2v) is 4.64. The third-order valence-corrected chi connectivity index (χ3v) is 3.61. The number of aromatic amines is 1. The quantitative estimate of drug-likeness (QED) is 0.738. The molecule has 0 aliphatic rings. The molecule has 0 saturated heterocycles. The summed E-state index contributed by atoms with van der Waals surface area (Å²) in [4.78, 5) is 7.56. The molecule has 0 saturated carbocycles. The summed E-state index contributed by atoms with van der Waals surface area (Å²) in [6.45, 7) is 2.30. The predicted molar refractivity (Wildman–Crippen MR) is 73.7 cm³/mol. The zero-order chi connectivity index (χ0) is 12.5. The van der Waals surface area contributed by atoms with Crippen molar-refractivity contribution >= 4 is 21.8 Å². The van der Waals surface area contributed by atoms with Crippen LogP contribution in [0.15, 0.2) is 36.7 Å². The van der Waals surface area contributed by atoms with Crippen molar-refractivity contribution in [1.29, 1.82) is 0 Å². The number of aliphatic hydroxyl groups is 1. The fourth-order valence-electron chi connectivity index (χ4n) is 2.49. The van der Waals surface area contributed by atoms with E-state index in [1.165, 1.54) is 10.9 Å². The molecule has 2 N–H and O–H groups in total. The first-order chi connectivity index (χ1) is 8.83. The van der Waals surface area contributed by atoms with Gasteiger partial charge in [-0.15, -0.1) is 0 Å². The number of benzene rings is 1. The first-order valence-corrected chi connectivity index (χ1v) is 6.29. The summed E-state index contributed by atoms with van der Waals surface area (Å²) >= 11 is 0. The number of hydrogen-bond donors (Lipinski definition) is 2. The maximum atomic E-state index is 9.37. The minimum absolute atomic E-state index is 0.198. The van der Waals surface area contributed by atoms with Crippen molar-refractivity contribution in [2.45, 2.75) is 19.3 Å². The Morgan fingerprint density at radius 2 is 2.11 bits per heavy atom. The SMILES string of the molecule is CCC(CO)c1ccc2c(c1)[nH]c1ccncc12. The molecule has 2 heterocycles. The molecule has 2 aromatic heterocycles. The minimum atomic E-state index is 0.198. The van der Waals surface area contributed by atoms with Crippen LogP contribution in [0.2, 0.25) is 0 Å². The number of pyridine rings is 1. The van der Waals surface area contributed by atoms with Crippen molar-refractivity contribution in [3.63, 3.8) is 0 Å². The Hall–Kier alpha value is -1.87. The first kappa shape index (κ1) is 11.2. The molecule has 3 rings (SSSR count). The highest BCUT2D eigenvalue weighted by Crippen LogP contribution is 2.28. The molecule has 1 aromatic carbocycles. The molecule has 0 aliphatic carbocycles. The van der Waals surface area contributed by atoms with E-state index in [1.807, 2.05) is 12.3 Å². The van der Waals surface area contributed by atoms with Crippen molar-refractivity contribution < 1.29 is 5.11 Å². The third kappa shape index (κ3) is 1.68. The van der Waals surface area contributed by atoms with E-state index in [-0.39, 0.29) is 12.5 Å². The predicted octanol–water partition coefficient (Wildman–Crippen LogP) is 3.20. The number of nitrogens with one attached hydrogen (secondary N) is 1. The molecule has 1 unspecified atom stereocenters. The van der Waals surface area contributed by atoms with Gasteiger partial charge in [-0.25, -0.2) is 0 Å². The molecule has 92 valence electrons. The summed E-state index contributed by atoms with van der Waals surface area (Å²) in [5.41, 5.74) is 3.41. The van der Waals surface area contributed by atoms with Gasteiger partial charge in [-0.05, 0) is 24.1 Å². The molecular formula is C15H16N2O. The molecule has 1 atom stereocenters. The van der Waals surface area contributed by atoms with Crippen LogP contribution in [0.3, 0.4) is 0 Å². The Bertz CT molecular complexity index is 683. The van der Waals surface area contributed by atoms with E-state index in [0.29, 0.717) is 0 Å². The van der Waals surface area contributed by atoms with E-state index in [0.717, 1.165) is 22.8 Å². The lowest BCUT2D eigenvalue weighted by atomic mass is 9.96. The van der Waals surface area contributed by atoms with Crippen molar-refractivity contribution in [2.75, 3.05) is 6.61 Å². The first-order valence-electron chi connectivity index (χ1n) is 6.29. The molecule has 0 bridgehead atoms. The van der Waals surface area contributed by atoms with Crippen LogP contribution in [-0.2, 0) is 0 Å². The topological polar surface area (TPSA) is 48.9 Å². The van der Waals surface area contributed by atoms with E-state index >= 15 is 0 Å². The normalized spacial score (nSPS) is 13.2. The van der Waals surface area contributed by atoms with Gasteiger partial charge in [0.05, 0.1) is 0 Å². The smallest absolute Gasteiger partial charge is 0.0499 e. The van der Waals surface area contributed by atoms with Crippen molar-refractivity contribution in [3.8, 4) is 0 Å². The number of aromatic nitrogens is 2. The van der Waals surface area contributed by atoms with Crippen LogP contribution in [0, 0.1) is 0 Å². The average Bonchev–Trinajstić information content (AvgIpc) is 2.78. The van der Waals surface area contributed by atoms with Gasteiger partial charge in [0.2, 0.25) is 0 Å². The number of rotatable bonds is 3. The van der Waals surface area contributed by atoms with E-state index in [2.05, 4.69) is 35.1 Å². The highest BCUT2D eigenvalue weighted by Gasteiger charge is 2.10. The number of aliphatic hydroxyl groups excluding tert-OH is 1. The Labute approximate surface area is 105 Å². The van der Waals surface area contributed by atoms with Gasteiger partial charge in [-0.1, -0.05) is 19.1 Å².